The van der Waals surface area contributed by atoms with Gasteiger partial charge >= 0.3 is 5.97 Å². The molecule has 1 aliphatic rings. The van der Waals surface area contributed by atoms with E-state index in [-0.39, 0.29) is 0 Å². The lowest BCUT2D eigenvalue weighted by atomic mass is 10.1. The van der Waals surface area contributed by atoms with Crippen molar-refractivity contribution in [1.29, 1.82) is 0 Å². The third kappa shape index (κ3) is 2.21. The molecule has 3 nitrogen and oxygen atoms in total. The van der Waals surface area contributed by atoms with E-state index in [2.05, 4.69) is 5.32 Å². The minimum Gasteiger partial charge on any atom is -0.433 e. The van der Waals surface area contributed by atoms with Gasteiger partial charge in [-0.15, -0.1) is 0 Å². The number of carbonyl (C=O) groups excluding carboxylic acids is 1. The quantitative estimate of drug-likeness (QED) is 0.585. The predicted molar refractivity (Wildman–Crippen MR) is 64.3 cm³/mol. The molecule has 86 valence electrons. The second kappa shape index (κ2) is 3.99. The Balaban J connectivity index is 2.38. The van der Waals surface area contributed by atoms with Crippen LogP contribution in [0.3, 0.4) is 0 Å². The van der Waals surface area contributed by atoms with Gasteiger partial charge in [0, 0.05) is 0 Å². The fourth-order valence-corrected chi connectivity index (χ4v) is 1.74. The number of hydrogen-bond donors (Lipinski definition) is 1. The smallest absolute Gasteiger partial charge is 0.342 e. The number of benzene rings is 1. The topological polar surface area (TPSA) is 38.3 Å². The molecule has 2 rings (SSSR count). The molecule has 0 amide bonds. The Morgan fingerprint density at radius 2 is 2.06 bits per heavy atom. The Morgan fingerprint density at radius 3 is 2.69 bits per heavy atom. The van der Waals surface area contributed by atoms with Crippen molar-refractivity contribution in [2.24, 2.45) is 0 Å². The zero-order valence-corrected chi connectivity index (χ0v) is 10.5. The highest BCUT2D eigenvalue weighted by atomic mass is 35.6. The third-order valence-electron chi connectivity index (χ3n) is 2.20. The van der Waals surface area contributed by atoms with Crippen LogP contribution in [0.4, 0.5) is 5.69 Å². The molecule has 0 bridgehead atoms. The van der Waals surface area contributed by atoms with E-state index in [0.717, 1.165) is 5.56 Å². The Kier molecular flexibility index (Phi) is 2.95. The SMILES string of the molecule is Cc1ccc2c(c1)C(=O)OC(C(Cl)(Cl)Cl)N2. The molecule has 0 spiro atoms. The number of fused-ring (bicyclic) bond motifs is 1. The molecular formula is C10H8Cl3NO2. The molecule has 1 aromatic rings. The van der Waals surface area contributed by atoms with Crippen molar-refractivity contribution >= 4 is 46.5 Å². The van der Waals surface area contributed by atoms with E-state index < -0.39 is 16.0 Å². The Hall–Kier alpha value is -0.640. The van der Waals surface area contributed by atoms with Crippen LogP contribution in [0.25, 0.3) is 0 Å². The molecule has 1 N–H and O–H groups in total. The van der Waals surface area contributed by atoms with Crippen molar-refractivity contribution in [3.63, 3.8) is 0 Å². The second-order valence-electron chi connectivity index (χ2n) is 3.52. The molecule has 1 aliphatic heterocycles. The van der Waals surface area contributed by atoms with Crippen molar-refractivity contribution in [3.8, 4) is 0 Å². The summed E-state index contributed by atoms with van der Waals surface area (Å²) < 4.78 is 3.29. The van der Waals surface area contributed by atoms with Crippen LogP contribution in [0.1, 0.15) is 15.9 Å². The van der Waals surface area contributed by atoms with Crippen LogP contribution >= 0.6 is 34.8 Å². The van der Waals surface area contributed by atoms with E-state index in [4.69, 9.17) is 39.5 Å². The van der Waals surface area contributed by atoms with Gasteiger partial charge in [-0.05, 0) is 19.1 Å². The zero-order chi connectivity index (χ0) is 11.9. The van der Waals surface area contributed by atoms with Gasteiger partial charge in [-0.25, -0.2) is 4.79 Å². The number of hydrogen-bond acceptors (Lipinski definition) is 3. The van der Waals surface area contributed by atoms with Crippen molar-refractivity contribution in [2.75, 3.05) is 5.32 Å². The summed E-state index contributed by atoms with van der Waals surface area (Å²) in [4.78, 5) is 11.7. The molecule has 0 fully saturated rings. The molecule has 0 saturated heterocycles. The number of aryl methyl sites for hydroxylation is 1. The maximum absolute atomic E-state index is 11.7. The number of halogens is 3. The first-order chi connectivity index (χ1) is 7.38. The van der Waals surface area contributed by atoms with Gasteiger partial charge in [0.2, 0.25) is 10.0 Å². The number of cyclic esters (lactones) is 1. The predicted octanol–water partition coefficient (Wildman–Crippen LogP) is 3.27. The molecule has 0 saturated carbocycles. The Labute approximate surface area is 108 Å². The number of anilines is 1. The van der Waals surface area contributed by atoms with Gasteiger partial charge < -0.3 is 10.1 Å². The molecule has 1 atom stereocenters. The summed E-state index contributed by atoms with van der Waals surface area (Å²) in [6.45, 7) is 1.88. The van der Waals surface area contributed by atoms with Gasteiger partial charge in [-0.2, -0.15) is 0 Å². The summed E-state index contributed by atoms with van der Waals surface area (Å²) >= 11 is 17.0. The maximum atomic E-state index is 11.7. The first-order valence-corrected chi connectivity index (χ1v) is 5.66. The summed E-state index contributed by atoms with van der Waals surface area (Å²) in [5.41, 5.74) is 2.02. The lowest BCUT2D eigenvalue weighted by Gasteiger charge is -2.30. The van der Waals surface area contributed by atoms with Crippen molar-refractivity contribution in [2.45, 2.75) is 16.9 Å². The number of esters is 1. The van der Waals surface area contributed by atoms with Gasteiger partial charge in [0.1, 0.15) is 0 Å². The van der Waals surface area contributed by atoms with Crippen LogP contribution in [0.2, 0.25) is 0 Å². The minimum atomic E-state index is -1.70. The second-order valence-corrected chi connectivity index (χ2v) is 5.89. The minimum absolute atomic E-state index is 0.450. The molecule has 0 aromatic heterocycles. The molecule has 16 heavy (non-hydrogen) atoms. The van der Waals surface area contributed by atoms with Gasteiger partial charge in [0.05, 0.1) is 11.3 Å². The standard InChI is InChI=1S/C10H8Cl3NO2/c1-5-2-3-7-6(4-5)8(15)16-9(14-7)10(11,12)13/h2-4,9,14H,1H3. The number of alkyl halides is 3. The van der Waals surface area contributed by atoms with Gasteiger partial charge in [0.25, 0.3) is 0 Å². The fraction of sp³-hybridized carbons (Fsp3) is 0.300. The number of carbonyl (C=O) groups is 1. The summed E-state index contributed by atoms with van der Waals surface area (Å²) in [5, 5.41) is 2.86. The van der Waals surface area contributed by atoms with E-state index in [1.54, 1.807) is 12.1 Å². The van der Waals surface area contributed by atoms with Crippen molar-refractivity contribution in [1.82, 2.24) is 0 Å². The monoisotopic (exact) mass is 279 g/mol. The maximum Gasteiger partial charge on any atom is 0.342 e. The summed E-state index contributed by atoms with van der Waals surface area (Å²) in [7, 11) is 0. The van der Waals surface area contributed by atoms with Crippen molar-refractivity contribution < 1.29 is 9.53 Å². The molecular weight excluding hydrogens is 272 g/mol. The van der Waals surface area contributed by atoms with Crippen LogP contribution in [0, 0.1) is 6.92 Å². The van der Waals surface area contributed by atoms with Crippen LogP contribution in [0.5, 0.6) is 0 Å². The molecule has 6 heteroatoms. The lowest BCUT2D eigenvalue weighted by molar-refractivity contribution is 0.0341. The highest BCUT2D eigenvalue weighted by Gasteiger charge is 2.39. The van der Waals surface area contributed by atoms with Crippen LogP contribution in [-0.4, -0.2) is 16.0 Å². The average Bonchev–Trinajstić information content (AvgIpc) is 2.17. The molecule has 0 radical (unpaired) electrons. The normalized spacial score (nSPS) is 19.8. The number of rotatable bonds is 0. The van der Waals surface area contributed by atoms with E-state index in [0.29, 0.717) is 11.3 Å². The van der Waals surface area contributed by atoms with E-state index >= 15 is 0 Å². The average molecular weight is 281 g/mol. The highest BCUT2D eigenvalue weighted by molar-refractivity contribution is 6.68. The first kappa shape index (κ1) is 11.8. The number of ether oxygens (including phenoxy) is 1. The zero-order valence-electron chi connectivity index (χ0n) is 8.26. The van der Waals surface area contributed by atoms with Crippen LogP contribution < -0.4 is 5.32 Å². The number of nitrogens with one attached hydrogen (secondary N) is 1. The van der Waals surface area contributed by atoms with Crippen LogP contribution in [0.15, 0.2) is 18.2 Å². The summed E-state index contributed by atoms with van der Waals surface area (Å²) in [5.74, 6) is -0.492. The van der Waals surface area contributed by atoms with Gasteiger partial charge in [-0.1, -0.05) is 46.4 Å². The Bertz CT molecular complexity index is 442. The third-order valence-corrected chi connectivity index (χ3v) is 2.80. The van der Waals surface area contributed by atoms with E-state index in [1.807, 2.05) is 13.0 Å². The van der Waals surface area contributed by atoms with Crippen LogP contribution in [-0.2, 0) is 4.74 Å². The van der Waals surface area contributed by atoms with E-state index in [9.17, 15) is 4.79 Å². The largest absolute Gasteiger partial charge is 0.433 e. The van der Waals surface area contributed by atoms with E-state index in [1.165, 1.54) is 0 Å². The molecule has 1 heterocycles. The first-order valence-electron chi connectivity index (χ1n) is 4.53. The fourth-order valence-electron chi connectivity index (χ4n) is 1.44. The van der Waals surface area contributed by atoms with Crippen molar-refractivity contribution in [3.05, 3.63) is 29.3 Å². The van der Waals surface area contributed by atoms with Gasteiger partial charge in [-0.3, -0.25) is 0 Å². The Morgan fingerprint density at radius 1 is 1.38 bits per heavy atom. The molecule has 1 aromatic carbocycles. The molecule has 0 aliphatic carbocycles. The summed E-state index contributed by atoms with van der Waals surface area (Å²) in [6, 6.07) is 5.34. The van der Waals surface area contributed by atoms with Gasteiger partial charge in [0.15, 0.2) is 0 Å². The highest BCUT2D eigenvalue weighted by Crippen LogP contribution is 2.36. The lowest BCUT2D eigenvalue weighted by Crippen LogP contribution is -2.41. The summed E-state index contributed by atoms with van der Waals surface area (Å²) in [6.07, 6.45) is -0.972. The molecule has 1 unspecified atom stereocenters.